The summed E-state index contributed by atoms with van der Waals surface area (Å²) in [7, 11) is 2.12. The van der Waals surface area contributed by atoms with Crippen molar-refractivity contribution in [3.05, 3.63) is 53.2 Å². The van der Waals surface area contributed by atoms with E-state index in [4.69, 9.17) is 9.97 Å². The Hall–Kier alpha value is -3.56. The van der Waals surface area contributed by atoms with Gasteiger partial charge in [0.15, 0.2) is 0 Å². The highest BCUT2D eigenvalue weighted by atomic mass is 32.1. The number of carbonyl (C=O) groups excluding carboxylic acids is 2. The smallest absolute Gasteiger partial charge is 0.261 e. The average molecular weight is 473 g/mol. The average Bonchev–Trinajstić information content (AvgIpc) is 3.49. The fourth-order valence-corrected chi connectivity index (χ4v) is 5.57. The lowest BCUT2D eigenvalue weighted by molar-refractivity contribution is -0.122. The molecule has 0 radical (unpaired) electrons. The predicted molar refractivity (Wildman–Crippen MR) is 135 cm³/mol. The second-order valence-electron chi connectivity index (χ2n) is 9.44. The zero-order chi connectivity index (χ0) is 23.6. The zero-order valence-corrected chi connectivity index (χ0v) is 20.0. The minimum atomic E-state index is -0.432. The van der Waals surface area contributed by atoms with E-state index in [2.05, 4.69) is 41.0 Å². The number of nitrogens with zero attached hydrogens (tertiary/aromatic N) is 4. The van der Waals surface area contributed by atoms with Gasteiger partial charge in [0.2, 0.25) is 5.95 Å². The van der Waals surface area contributed by atoms with Gasteiger partial charge < -0.3 is 9.88 Å². The van der Waals surface area contributed by atoms with Crippen LogP contribution in [-0.2, 0) is 9.59 Å². The summed E-state index contributed by atoms with van der Waals surface area (Å²) in [5.41, 5.74) is 2.54. The molecule has 1 fully saturated rings. The molecule has 2 N–H and O–H groups in total. The standard InChI is InChI=1S/C25H24N6O2S/c1-25(2)13-31(10-9-30(25)3)24-27-17-7-5-4-6-15(17)20(28-24)19-18(21(32)29-22(19)33)16-12-26-23-14(16)8-11-34-23/h4-8,11-12,26H,9-10,13H2,1-3H3,(H,29,32,33). The van der Waals surface area contributed by atoms with Gasteiger partial charge in [-0.3, -0.25) is 19.8 Å². The number of piperazine rings is 1. The normalized spacial score (nSPS) is 19.0. The monoisotopic (exact) mass is 472 g/mol. The van der Waals surface area contributed by atoms with E-state index >= 15 is 0 Å². The number of benzene rings is 1. The number of para-hydroxylation sites is 1. The van der Waals surface area contributed by atoms with E-state index in [-0.39, 0.29) is 5.54 Å². The van der Waals surface area contributed by atoms with Crippen molar-refractivity contribution in [2.24, 2.45) is 0 Å². The number of H-pyrrole nitrogens is 1. The minimum absolute atomic E-state index is 0.0474. The summed E-state index contributed by atoms with van der Waals surface area (Å²) in [6.07, 6.45) is 1.79. The maximum atomic E-state index is 13.2. The number of hydrogen-bond donors (Lipinski definition) is 2. The Bertz CT molecular complexity index is 1510. The number of carbonyl (C=O) groups is 2. The summed E-state index contributed by atoms with van der Waals surface area (Å²) in [6, 6.07) is 9.61. The largest absolute Gasteiger partial charge is 0.352 e. The minimum Gasteiger partial charge on any atom is -0.352 e. The van der Waals surface area contributed by atoms with Crippen LogP contribution >= 0.6 is 11.3 Å². The van der Waals surface area contributed by atoms with E-state index in [0.29, 0.717) is 28.4 Å². The summed E-state index contributed by atoms with van der Waals surface area (Å²) < 4.78 is 0. The van der Waals surface area contributed by atoms with Gasteiger partial charge in [0.25, 0.3) is 11.8 Å². The summed E-state index contributed by atoms with van der Waals surface area (Å²) in [4.78, 5) is 44.6. The zero-order valence-electron chi connectivity index (χ0n) is 19.2. The maximum absolute atomic E-state index is 13.2. The summed E-state index contributed by atoms with van der Waals surface area (Å²) in [6.45, 7) is 6.81. The van der Waals surface area contributed by atoms with E-state index in [1.54, 1.807) is 17.5 Å². The third-order valence-electron chi connectivity index (χ3n) is 6.93. The van der Waals surface area contributed by atoms with Gasteiger partial charge in [-0.05, 0) is 38.4 Å². The van der Waals surface area contributed by atoms with Crippen LogP contribution < -0.4 is 10.2 Å². The van der Waals surface area contributed by atoms with Crippen LogP contribution in [-0.4, -0.2) is 63.9 Å². The van der Waals surface area contributed by atoms with Crippen molar-refractivity contribution in [3.8, 4) is 0 Å². The first-order chi connectivity index (χ1) is 16.3. The van der Waals surface area contributed by atoms with E-state index in [0.717, 1.165) is 40.8 Å². The van der Waals surface area contributed by atoms with Gasteiger partial charge in [-0.15, -0.1) is 11.3 Å². The second-order valence-corrected chi connectivity index (χ2v) is 10.4. The van der Waals surface area contributed by atoms with Gasteiger partial charge >= 0.3 is 0 Å². The molecule has 2 aliphatic rings. The molecule has 0 aliphatic carbocycles. The summed E-state index contributed by atoms with van der Waals surface area (Å²) in [5.74, 6) is -0.265. The first-order valence-electron chi connectivity index (χ1n) is 11.2. The van der Waals surface area contributed by atoms with Crippen LogP contribution in [0.4, 0.5) is 5.95 Å². The molecule has 34 heavy (non-hydrogen) atoms. The number of nitrogens with one attached hydrogen (secondary N) is 2. The number of aromatic amines is 1. The molecule has 4 aromatic rings. The lowest BCUT2D eigenvalue weighted by Gasteiger charge is -2.45. The van der Waals surface area contributed by atoms with Gasteiger partial charge in [0.05, 0.1) is 22.4 Å². The van der Waals surface area contributed by atoms with E-state index < -0.39 is 11.8 Å². The number of aromatic nitrogens is 3. The molecule has 9 heteroatoms. The number of rotatable bonds is 3. The fourth-order valence-electron chi connectivity index (χ4n) is 4.80. The Morgan fingerprint density at radius 1 is 1.00 bits per heavy atom. The highest BCUT2D eigenvalue weighted by molar-refractivity contribution is 7.16. The third-order valence-corrected chi connectivity index (χ3v) is 7.78. The van der Waals surface area contributed by atoms with Gasteiger partial charge in [-0.1, -0.05) is 18.2 Å². The lowest BCUT2D eigenvalue weighted by atomic mass is 9.97. The van der Waals surface area contributed by atoms with E-state index in [1.165, 1.54) is 0 Å². The molecule has 0 bridgehead atoms. The lowest BCUT2D eigenvalue weighted by Crippen LogP contribution is -2.58. The van der Waals surface area contributed by atoms with Crippen LogP contribution in [0.2, 0.25) is 0 Å². The summed E-state index contributed by atoms with van der Waals surface area (Å²) in [5, 5.41) is 6.13. The third kappa shape index (κ3) is 3.15. The molecule has 1 saturated heterocycles. The van der Waals surface area contributed by atoms with Crippen molar-refractivity contribution in [1.29, 1.82) is 0 Å². The number of fused-ring (bicyclic) bond motifs is 2. The molecule has 0 spiro atoms. The van der Waals surface area contributed by atoms with Crippen LogP contribution in [0.15, 0.2) is 41.9 Å². The molecule has 5 heterocycles. The number of thiophene rings is 1. The van der Waals surface area contributed by atoms with Gasteiger partial charge in [0, 0.05) is 47.7 Å². The highest BCUT2D eigenvalue weighted by Gasteiger charge is 2.37. The van der Waals surface area contributed by atoms with Crippen molar-refractivity contribution in [1.82, 2.24) is 25.2 Å². The van der Waals surface area contributed by atoms with Gasteiger partial charge in [0.1, 0.15) is 4.83 Å². The molecule has 0 atom stereocenters. The van der Waals surface area contributed by atoms with Crippen LogP contribution in [0.3, 0.4) is 0 Å². The molecular formula is C25H24N6O2S. The molecular weight excluding hydrogens is 448 g/mol. The van der Waals surface area contributed by atoms with Crippen LogP contribution in [0, 0.1) is 0 Å². The Morgan fingerprint density at radius 2 is 1.79 bits per heavy atom. The molecule has 0 unspecified atom stereocenters. The van der Waals surface area contributed by atoms with Crippen molar-refractivity contribution in [2.45, 2.75) is 19.4 Å². The van der Waals surface area contributed by atoms with Crippen LogP contribution in [0.5, 0.6) is 0 Å². The van der Waals surface area contributed by atoms with E-state index in [9.17, 15) is 9.59 Å². The van der Waals surface area contributed by atoms with Crippen LogP contribution in [0.1, 0.15) is 25.1 Å². The quantitative estimate of drug-likeness (QED) is 0.445. The predicted octanol–water partition coefficient (Wildman–Crippen LogP) is 3.27. The van der Waals surface area contributed by atoms with Crippen LogP contribution in [0.25, 0.3) is 32.3 Å². The number of hydrogen-bond acceptors (Lipinski definition) is 7. The first-order valence-corrected chi connectivity index (χ1v) is 12.1. The Morgan fingerprint density at radius 3 is 2.62 bits per heavy atom. The first kappa shape index (κ1) is 21.0. The van der Waals surface area contributed by atoms with Crippen molar-refractivity contribution >= 4 is 61.4 Å². The summed E-state index contributed by atoms with van der Waals surface area (Å²) >= 11 is 1.56. The maximum Gasteiger partial charge on any atom is 0.261 e. The number of imide groups is 1. The molecule has 2 aliphatic heterocycles. The Kier molecular flexibility index (Phi) is 4.62. The number of likely N-dealkylation sites (N-methyl/N-ethyl adjacent to an activating group) is 1. The Balaban J connectivity index is 1.59. The van der Waals surface area contributed by atoms with Gasteiger partial charge in [-0.2, -0.15) is 0 Å². The molecule has 172 valence electrons. The number of amides is 2. The molecule has 0 saturated carbocycles. The van der Waals surface area contributed by atoms with E-state index in [1.807, 2.05) is 35.7 Å². The Labute approximate surface area is 200 Å². The highest BCUT2D eigenvalue weighted by Crippen LogP contribution is 2.38. The molecule has 6 rings (SSSR count). The molecule has 8 nitrogen and oxygen atoms in total. The van der Waals surface area contributed by atoms with Crippen molar-refractivity contribution in [2.75, 3.05) is 31.6 Å². The fraction of sp³-hybridized carbons (Fsp3) is 0.280. The molecule has 1 aromatic carbocycles. The topological polar surface area (TPSA) is 94.2 Å². The molecule has 2 amide bonds. The van der Waals surface area contributed by atoms with Crippen molar-refractivity contribution in [3.63, 3.8) is 0 Å². The SMILES string of the molecule is CN1CCN(c2nc(C3=C(c4c[nH]c5sccc45)C(=O)NC3=O)c3ccccc3n2)CC1(C)C. The molecule has 3 aromatic heterocycles. The second kappa shape index (κ2) is 7.48. The number of anilines is 1. The van der Waals surface area contributed by atoms with Crippen molar-refractivity contribution < 1.29 is 9.59 Å². The van der Waals surface area contributed by atoms with Gasteiger partial charge in [-0.25, -0.2) is 9.97 Å².